The number of piperidine rings is 1. The zero-order chi connectivity index (χ0) is 53.6. The van der Waals surface area contributed by atoms with Gasteiger partial charge in [-0.05, 0) is 75.2 Å². The molecule has 4 rings (SSSR count). The molecule has 2 aromatic rings. The number of aliphatic carboxylic acids is 1. The number of carbonyl (C=O) groups excluding carboxylic acids is 8. The Kier molecular flexibility index (Phi) is 21.6. The number of phosphoric acid groups is 1. The van der Waals surface area contributed by atoms with E-state index in [2.05, 4.69) is 25.5 Å². The molecule has 0 saturated carbocycles. The SMILES string of the molecule is CC[C@H](C)[C@H](NC(=O)C1CCCCN1C)C(=O)N(C)[C@H](C[C@@H](OC(C)=O)c1nc(C(=O)N[C@@H](Cc2ccc(OC(=O)OP(=O)(O)O)c(NC(=O)CCCN3C(=O)C=CC3=O)c2)CC(C)C(=O)O)cs1)C(C)C. The van der Waals surface area contributed by atoms with Gasteiger partial charge < -0.3 is 40.0 Å². The van der Waals surface area contributed by atoms with Crippen LogP contribution in [0.3, 0.4) is 0 Å². The first-order valence-corrected chi connectivity index (χ1v) is 26.1. The average molecular weight is 1050 g/mol. The van der Waals surface area contributed by atoms with Gasteiger partial charge >= 0.3 is 25.9 Å². The Labute approximate surface area is 421 Å². The molecule has 6 N–H and O–H groups in total. The number of nitrogens with one attached hydrogen (secondary N) is 3. The van der Waals surface area contributed by atoms with Crippen molar-refractivity contribution in [2.24, 2.45) is 17.8 Å². The van der Waals surface area contributed by atoms with E-state index in [1.807, 2.05) is 39.6 Å². The van der Waals surface area contributed by atoms with Gasteiger partial charge in [-0.1, -0.05) is 53.5 Å². The molecule has 72 heavy (non-hydrogen) atoms. The van der Waals surface area contributed by atoms with Crippen molar-refractivity contribution in [2.75, 3.05) is 32.5 Å². The maximum Gasteiger partial charge on any atom is 0.529 e. The number of hydrogen-bond donors (Lipinski definition) is 6. The van der Waals surface area contributed by atoms with Crippen molar-refractivity contribution >= 4 is 78.4 Å². The molecule has 1 aromatic carbocycles. The molecule has 3 heterocycles. The van der Waals surface area contributed by atoms with Gasteiger partial charge in [0.05, 0.1) is 17.6 Å². The van der Waals surface area contributed by atoms with Crippen LogP contribution in [0.2, 0.25) is 0 Å². The van der Waals surface area contributed by atoms with Crippen LogP contribution in [0.5, 0.6) is 5.75 Å². The summed E-state index contributed by atoms with van der Waals surface area (Å²) in [7, 11) is -1.80. The summed E-state index contributed by atoms with van der Waals surface area (Å²) in [5.74, 6) is -6.57. The van der Waals surface area contributed by atoms with Crippen LogP contribution in [0.4, 0.5) is 10.5 Å². The maximum atomic E-state index is 14.3. The highest BCUT2D eigenvalue weighted by Gasteiger charge is 2.38. The number of rotatable bonds is 25. The molecule has 2 unspecified atom stereocenters. The molecule has 2 aliphatic rings. The molecule has 0 spiro atoms. The fraction of sp³-hybridized carbons (Fsp3) is 0.574. The number of carboxylic acids is 1. The maximum absolute atomic E-state index is 14.3. The summed E-state index contributed by atoms with van der Waals surface area (Å²) in [5, 5.41) is 19.9. The number of anilines is 1. The molecule has 25 heteroatoms. The average Bonchev–Trinajstić information content (AvgIpc) is 3.92. The predicted molar refractivity (Wildman–Crippen MR) is 260 cm³/mol. The molecule has 396 valence electrons. The normalized spacial score (nSPS) is 17.5. The molecule has 6 amide bonds. The Bertz CT molecular complexity index is 2390. The van der Waals surface area contributed by atoms with E-state index in [1.165, 1.54) is 37.4 Å². The van der Waals surface area contributed by atoms with Crippen molar-refractivity contribution in [3.05, 3.63) is 52.0 Å². The second kappa shape index (κ2) is 26.6. The molecule has 1 saturated heterocycles. The molecule has 23 nitrogen and oxygen atoms in total. The molecule has 0 aliphatic carbocycles. The number of likely N-dealkylation sites (N-methyl/N-ethyl adjacent to an activating group) is 2. The van der Waals surface area contributed by atoms with Gasteiger partial charge in [0.2, 0.25) is 17.7 Å². The Hall–Kier alpha value is -6.07. The summed E-state index contributed by atoms with van der Waals surface area (Å²) in [4.78, 5) is 143. The van der Waals surface area contributed by atoms with Gasteiger partial charge in [-0.25, -0.2) is 14.3 Å². The van der Waals surface area contributed by atoms with Gasteiger partial charge in [0.15, 0.2) is 11.9 Å². The van der Waals surface area contributed by atoms with Crippen LogP contribution in [0, 0.1) is 17.8 Å². The second-order valence-corrected chi connectivity index (χ2v) is 20.5. The summed E-state index contributed by atoms with van der Waals surface area (Å²) in [6, 6.07) is 1.27. The quantitative estimate of drug-likeness (QED) is 0.0349. The summed E-state index contributed by atoms with van der Waals surface area (Å²) in [6.45, 7) is 11.0. The Morgan fingerprint density at radius 2 is 1.68 bits per heavy atom. The van der Waals surface area contributed by atoms with Crippen LogP contribution in [0.25, 0.3) is 0 Å². The van der Waals surface area contributed by atoms with E-state index in [4.69, 9.17) is 19.3 Å². The van der Waals surface area contributed by atoms with E-state index >= 15 is 0 Å². The highest BCUT2D eigenvalue weighted by Crippen LogP contribution is 2.38. The van der Waals surface area contributed by atoms with E-state index in [0.717, 1.165) is 47.8 Å². The van der Waals surface area contributed by atoms with Crippen LogP contribution in [0.15, 0.2) is 35.7 Å². The molecule has 1 fully saturated rings. The first-order valence-electron chi connectivity index (χ1n) is 23.6. The molecule has 0 bridgehead atoms. The fourth-order valence-electron chi connectivity index (χ4n) is 8.38. The minimum atomic E-state index is -5.34. The lowest BCUT2D eigenvalue weighted by Crippen LogP contribution is -2.58. The van der Waals surface area contributed by atoms with Gasteiger partial charge in [0.25, 0.3) is 17.7 Å². The first-order chi connectivity index (χ1) is 33.8. The zero-order valence-corrected chi connectivity index (χ0v) is 43.4. The lowest BCUT2D eigenvalue weighted by Gasteiger charge is -2.38. The topological polar surface area (TPSA) is 318 Å². The van der Waals surface area contributed by atoms with Gasteiger partial charge in [-0.3, -0.25) is 57.9 Å². The molecule has 2 aliphatic heterocycles. The largest absolute Gasteiger partial charge is 0.529 e. The van der Waals surface area contributed by atoms with Crippen LogP contribution in [-0.2, 0) is 53.8 Å². The van der Waals surface area contributed by atoms with Crippen molar-refractivity contribution in [1.29, 1.82) is 0 Å². The number of thiazole rings is 1. The van der Waals surface area contributed by atoms with E-state index < -0.39 is 85.4 Å². The van der Waals surface area contributed by atoms with E-state index in [9.17, 15) is 52.8 Å². The number of ether oxygens (including phenoxy) is 2. The number of likely N-dealkylation sites (tertiary alicyclic amines) is 1. The predicted octanol–water partition coefficient (Wildman–Crippen LogP) is 4.34. The number of carboxylic acid groups (broad SMARTS) is 1. The number of aromatic nitrogens is 1. The molecular weight excluding hydrogens is 982 g/mol. The first kappa shape index (κ1) is 58.5. The van der Waals surface area contributed by atoms with Crippen molar-refractivity contribution in [3.63, 3.8) is 0 Å². The van der Waals surface area contributed by atoms with Crippen LogP contribution in [-0.4, -0.2) is 139 Å². The van der Waals surface area contributed by atoms with Crippen molar-refractivity contribution in [2.45, 2.75) is 130 Å². The third-order valence-electron chi connectivity index (χ3n) is 12.5. The molecule has 1 aromatic heterocycles. The Balaban J connectivity index is 1.56. The monoisotopic (exact) mass is 1050 g/mol. The van der Waals surface area contributed by atoms with Crippen LogP contribution in [0.1, 0.15) is 120 Å². The van der Waals surface area contributed by atoms with E-state index in [0.29, 0.717) is 18.4 Å². The smallest absolute Gasteiger partial charge is 0.481 e. The number of benzene rings is 1. The number of nitrogens with zero attached hydrogens (tertiary/aromatic N) is 4. The number of phosphoric ester groups is 1. The van der Waals surface area contributed by atoms with Crippen LogP contribution < -0.4 is 20.7 Å². The molecule has 0 radical (unpaired) electrons. The van der Waals surface area contributed by atoms with Crippen molar-refractivity contribution in [1.82, 2.24) is 30.3 Å². The highest BCUT2D eigenvalue weighted by molar-refractivity contribution is 7.46. The Morgan fingerprint density at radius 1 is 1.00 bits per heavy atom. The fourth-order valence-corrected chi connectivity index (χ4v) is 9.45. The highest BCUT2D eigenvalue weighted by atomic mass is 32.1. The summed E-state index contributed by atoms with van der Waals surface area (Å²) in [5.41, 5.74) is 0.0740. The van der Waals surface area contributed by atoms with Crippen molar-refractivity contribution in [3.8, 4) is 5.75 Å². The van der Waals surface area contributed by atoms with Crippen LogP contribution >= 0.6 is 19.2 Å². The number of imide groups is 1. The third kappa shape index (κ3) is 17.3. The lowest BCUT2D eigenvalue weighted by atomic mass is 9.92. The summed E-state index contributed by atoms with van der Waals surface area (Å²) < 4.78 is 26.0. The number of esters is 1. The van der Waals surface area contributed by atoms with Gasteiger partial charge in [-0.2, -0.15) is 0 Å². The zero-order valence-electron chi connectivity index (χ0n) is 41.7. The number of amides is 6. The summed E-state index contributed by atoms with van der Waals surface area (Å²) >= 11 is 1.03. The van der Waals surface area contributed by atoms with Crippen molar-refractivity contribution < 1.29 is 76.6 Å². The minimum absolute atomic E-state index is 0.0373. The molecular formula is C47H66N7O16PS. The second-order valence-electron chi connectivity index (χ2n) is 18.5. The van der Waals surface area contributed by atoms with E-state index in [-0.39, 0.29) is 84.7 Å². The van der Waals surface area contributed by atoms with E-state index in [1.54, 1.807) is 11.9 Å². The molecule has 7 atom stereocenters. The number of carbonyl (C=O) groups is 9. The standard InChI is InChI=1S/C47H66N7O16PS/c1-9-27(4)41(51-43(60)34-13-10-11-19-52(34)7)45(61)53(8)35(26(2)3)24-37(68-29(6)55)44-50-33(25-72-44)42(59)48-31(21-28(5)46(62)63)22-30-15-16-36(69-47(64)70-71(65,66)67)32(23-30)49-38(56)14-12-20-54-39(57)17-18-40(54)58/h15-18,23,25-28,31,34-35,37,41H,9-14,19-22,24H2,1-8H3,(H,48,59)(H,49,56)(H,51,60)(H,62,63)(H2,65,66,67)/t27-,28?,31+,34?,35+,37+,41-/m0/s1. The third-order valence-corrected chi connectivity index (χ3v) is 13.8. The van der Waals surface area contributed by atoms with Gasteiger partial charge in [0.1, 0.15) is 16.7 Å². The minimum Gasteiger partial charge on any atom is -0.481 e. The lowest BCUT2D eigenvalue weighted by molar-refractivity contribution is -0.149. The summed E-state index contributed by atoms with van der Waals surface area (Å²) in [6.07, 6.45) is 2.27. The number of hydrogen-bond acceptors (Lipinski definition) is 16. The Morgan fingerprint density at radius 3 is 2.28 bits per heavy atom. The van der Waals surface area contributed by atoms with Gasteiger partial charge in [0, 0.05) is 63.0 Å². The van der Waals surface area contributed by atoms with Gasteiger partial charge in [-0.15, -0.1) is 11.3 Å².